The molecule has 0 spiro atoms. The Hall–Kier alpha value is -1.44. The first-order valence-electron chi connectivity index (χ1n) is 8.80. The van der Waals surface area contributed by atoms with Gasteiger partial charge in [0.05, 0.1) is 17.2 Å². The summed E-state index contributed by atoms with van der Waals surface area (Å²) in [5, 5.41) is 8.98. The summed E-state index contributed by atoms with van der Waals surface area (Å²) in [6.07, 6.45) is 0. The van der Waals surface area contributed by atoms with Gasteiger partial charge in [-0.3, -0.25) is 9.89 Å². The largest absolute Gasteiger partial charge is 0.351 e. The highest BCUT2D eigenvalue weighted by atomic mass is 32.1. The number of hydrogen-bond acceptors (Lipinski definition) is 5. The molecule has 5 nitrogen and oxygen atoms in total. The number of thiophene rings is 1. The molecule has 0 aliphatic carbocycles. The average molecular weight is 378 g/mol. The van der Waals surface area contributed by atoms with Crippen LogP contribution in [0.15, 0.2) is 27.9 Å². The average Bonchev–Trinajstić information content (AvgIpc) is 3.28. The van der Waals surface area contributed by atoms with Crippen LogP contribution in [-0.2, 0) is 13.1 Å². The molecule has 0 unspecified atom stereocenters. The van der Waals surface area contributed by atoms with Crippen LogP contribution in [0, 0.1) is 0 Å². The van der Waals surface area contributed by atoms with Crippen LogP contribution in [0.5, 0.6) is 0 Å². The van der Waals surface area contributed by atoms with Crippen molar-refractivity contribution in [2.45, 2.75) is 32.9 Å². The monoisotopic (exact) mass is 377 g/mol. The lowest BCUT2D eigenvalue weighted by atomic mass is 10.2. The third-order valence-electron chi connectivity index (χ3n) is 4.33. The standard InChI is InChI=1S/C18H27N5S2/c1-14(2)17-21-15(13-25-17)11-20-18(19-3)23-8-6-22(7-9-23)12-16-5-4-10-24-16/h4-5,10,13-14H,6-9,11-12H2,1-3H3,(H,19,20). The van der Waals surface area contributed by atoms with E-state index in [-0.39, 0.29) is 0 Å². The lowest BCUT2D eigenvalue weighted by Crippen LogP contribution is -2.52. The van der Waals surface area contributed by atoms with Gasteiger partial charge in [0, 0.05) is 55.9 Å². The van der Waals surface area contributed by atoms with Crippen LogP contribution in [0.2, 0.25) is 0 Å². The Morgan fingerprint density at radius 3 is 2.68 bits per heavy atom. The maximum absolute atomic E-state index is 4.69. The molecule has 2 aromatic heterocycles. The second-order valence-electron chi connectivity index (χ2n) is 6.58. The lowest BCUT2D eigenvalue weighted by Gasteiger charge is -2.36. The molecule has 0 radical (unpaired) electrons. The van der Waals surface area contributed by atoms with Crippen molar-refractivity contribution in [3.63, 3.8) is 0 Å². The number of thiazole rings is 1. The summed E-state index contributed by atoms with van der Waals surface area (Å²) in [5.41, 5.74) is 1.10. The van der Waals surface area contributed by atoms with E-state index in [2.05, 4.69) is 56.8 Å². The number of guanidine groups is 1. The van der Waals surface area contributed by atoms with Crippen molar-refractivity contribution in [1.82, 2.24) is 20.1 Å². The molecular formula is C18H27N5S2. The Bertz CT molecular complexity index is 669. The summed E-state index contributed by atoms with van der Waals surface area (Å²) in [5.74, 6) is 1.48. The second-order valence-corrected chi connectivity index (χ2v) is 8.50. The molecule has 1 aliphatic heterocycles. The van der Waals surface area contributed by atoms with E-state index < -0.39 is 0 Å². The SMILES string of the molecule is CN=C(NCc1csc(C(C)C)n1)N1CCN(Cc2cccs2)CC1. The van der Waals surface area contributed by atoms with E-state index in [1.54, 1.807) is 11.3 Å². The third kappa shape index (κ3) is 5.03. The molecule has 1 N–H and O–H groups in total. The number of piperazine rings is 1. The molecular weight excluding hydrogens is 350 g/mol. The van der Waals surface area contributed by atoms with Crippen LogP contribution in [0.1, 0.15) is 35.3 Å². The molecule has 0 bridgehead atoms. The van der Waals surface area contributed by atoms with Gasteiger partial charge in [0.15, 0.2) is 5.96 Å². The molecule has 0 saturated carbocycles. The molecule has 1 saturated heterocycles. The van der Waals surface area contributed by atoms with Gasteiger partial charge in [-0.1, -0.05) is 19.9 Å². The first-order chi connectivity index (χ1) is 12.2. The second kappa shape index (κ2) is 8.78. The molecule has 3 rings (SSSR count). The van der Waals surface area contributed by atoms with Crippen molar-refractivity contribution in [2.24, 2.45) is 4.99 Å². The molecule has 7 heteroatoms. The zero-order chi connectivity index (χ0) is 17.6. The number of nitrogens with zero attached hydrogens (tertiary/aromatic N) is 4. The maximum atomic E-state index is 4.69. The van der Waals surface area contributed by atoms with E-state index in [1.807, 2.05) is 18.4 Å². The summed E-state index contributed by atoms with van der Waals surface area (Å²) in [6.45, 7) is 10.4. The fourth-order valence-corrected chi connectivity index (χ4v) is 4.49. The number of hydrogen-bond donors (Lipinski definition) is 1. The molecule has 25 heavy (non-hydrogen) atoms. The van der Waals surface area contributed by atoms with E-state index >= 15 is 0 Å². The van der Waals surface area contributed by atoms with E-state index in [4.69, 9.17) is 4.98 Å². The van der Waals surface area contributed by atoms with Crippen molar-refractivity contribution >= 4 is 28.6 Å². The Morgan fingerprint density at radius 1 is 1.28 bits per heavy atom. The minimum absolute atomic E-state index is 0.495. The minimum atomic E-state index is 0.495. The summed E-state index contributed by atoms with van der Waals surface area (Å²) in [6, 6.07) is 4.35. The molecule has 0 amide bonds. The summed E-state index contributed by atoms with van der Waals surface area (Å²) in [7, 11) is 1.86. The number of aliphatic imine (C=N–C) groups is 1. The number of rotatable bonds is 5. The highest BCUT2D eigenvalue weighted by Crippen LogP contribution is 2.19. The van der Waals surface area contributed by atoms with Crippen molar-refractivity contribution in [3.05, 3.63) is 38.5 Å². The summed E-state index contributed by atoms with van der Waals surface area (Å²) >= 11 is 3.58. The fourth-order valence-electron chi connectivity index (χ4n) is 2.91. The van der Waals surface area contributed by atoms with Gasteiger partial charge in [-0.05, 0) is 11.4 Å². The van der Waals surface area contributed by atoms with Gasteiger partial charge in [0.25, 0.3) is 0 Å². The van der Waals surface area contributed by atoms with Crippen molar-refractivity contribution in [2.75, 3.05) is 33.2 Å². The van der Waals surface area contributed by atoms with Crippen LogP contribution in [0.25, 0.3) is 0 Å². The molecule has 1 fully saturated rings. The normalized spacial score (nSPS) is 16.6. The minimum Gasteiger partial charge on any atom is -0.351 e. The molecule has 0 aromatic carbocycles. The molecule has 3 heterocycles. The van der Waals surface area contributed by atoms with E-state index in [0.29, 0.717) is 5.92 Å². The fraction of sp³-hybridized carbons (Fsp3) is 0.556. The Kier molecular flexibility index (Phi) is 6.45. The van der Waals surface area contributed by atoms with Crippen molar-refractivity contribution < 1.29 is 0 Å². The van der Waals surface area contributed by atoms with Crippen LogP contribution in [0.3, 0.4) is 0 Å². The molecule has 1 aliphatic rings. The topological polar surface area (TPSA) is 43.8 Å². The zero-order valence-corrected chi connectivity index (χ0v) is 16.9. The number of nitrogens with one attached hydrogen (secondary N) is 1. The van der Waals surface area contributed by atoms with Gasteiger partial charge in [-0.15, -0.1) is 22.7 Å². The molecule has 2 aromatic rings. The van der Waals surface area contributed by atoms with Crippen LogP contribution < -0.4 is 5.32 Å². The quantitative estimate of drug-likeness (QED) is 0.642. The first-order valence-corrected chi connectivity index (χ1v) is 10.6. The summed E-state index contributed by atoms with van der Waals surface area (Å²) < 4.78 is 0. The Morgan fingerprint density at radius 2 is 2.08 bits per heavy atom. The van der Waals surface area contributed by atoms with Gasteiger partial charge >= 0.3 is 0 Å². The number of aromatic nitrogens is 1. The zero-order valence-electron chi connectivity index (χ0n) is 15.2. The predicted octanol–water partition coefficient (Wildman–Crippen LogP) is 3.22. The van der Waals surface area contributed by atoms with E-state index in [1.165, 1.54) is 9.88 Å². The van der Waals surface area contributed by atoms with Gasteiger partial charge in [-0.2, -0.15) is 0 Å². The highest BCUT2D eigenvalue weighted by molar-refractivity contribution is 7.10. The lowest BCUT2D eigenvalue weighted by molar-refractivity contribution is 0.173. The van der Waals surface area contributed by atoms with Gasteiger partial charge in [0.2, 0.25) is 0 Å². The first kappa shape index (κ1) is 18.4. The maximum Gasteiger partial charge on any atom is 0.194 e. The Labute approximate surface area is 158 Å². The summed E-state index contributed by atoms with van der Waals surface area (Å²) in [4.78, 5) is 15.5. The predicted molar refractivity (Wildman–Crippen MR) is 108 cm³/mol. The van der Waals surface area contributed by atoms with Crippen LogP contribution in [-0.4, -0.2) is 54.0 Å². The van der Waals surface area contributed by atoms with Crippen LogP contribution in [0.4, 0.5) is 0 Å². The van der Waals surface area contributed by atoms with Gasteiger partial charge in [0.1, 0.15) is 0 Å². The highest BCUT2D eigenvalue weighted by Gasteiger charge is 2.20. The van der Waals surface area contributed by atoms with E-state index in [9.17, 15) is 0 Å². The molecule has 0 atom stereocenters. The van der Waals surface area contributed by atoms with Gasteiger partial charge in [-0.25, -0.2) is 4.98 Å². The Balaban J connectivity index is 1.47. The van der Waals surface area contributed by atoms with Crippen molar-refractivity contribution in [1.29, 1.82) is 0 Å². The smallest absolute Gasteiger partial charge is 0.194 e. The molecule has 136 valence electrons. The third-order valence-corrected chi connectivity index (χ3v) is 6.39. The van der Waals surface area contributed by atoms with Crippen molar-refractivity contribution in [3.8, 4) is 0 Å². The van der Waals surface area contributed by atoms with Crippen LogP contribution >= 0.6 is 22.7 Å². The van der Waals surface area contributed by atoms with E-state index in [0.717, 1.165) is 50.9 Å². The van der Waals surface area contributed by atoms with Gasteiger partial charge < -0.3 is 10.2 Å².